The SMILES string of the molecule is CC(CC(F)(F)F)NC(=O)N1CCCC1CC(=O)O. The van der Waals surface area contributed by atoms with Crippen molar-refractivity contribution in [2.75, 3.05) is 6.54 Å². The number of hydrogen-bond donors (Lipinski definition) is 2. The third-order valence-electron chi connectivity index (χ3n) is 2.96. The van der Waals surface area contributed by atoms with Crippen molar-refractivity contribution < 1.29 is 27.9 Å². The third kappa shape index (κ3) is 5.35. The molecule has 2 unspecified atom stereocenters. The number of nitrogens with zero attached hydrogens (tertiary/aromatic N) is 1. The van der Waals surface area contributed by atoms with E-state index in [1.165, 1.54) is 11.8 Å². The lowest BCUT2D eigenvalue weighted by molar-refractivity contribution is -0.138. The minimum atomic E-state index is -4.34. The summed E-state index contributed by atoms with van der Waals surface area (Å²) in [5, 5.41) is 11.0. The first-order valence-corrected chi connectivity index (χ1v) is 6.04. The quantitative estimate of drug-likeness (QED) is 0.828. The van der Waals surface area contributed by atoms with Crippen LogP contribution < -0.4 is 5.32 Å². The van der Waals surface area contributed by atoms with Gasteiger partial charge in [0.2, 0.25) is 0 Å². The predicted molar refractivity (Wildman–Crippen MR) is 60.6 cm³/mol. The summed E-state index contributed by atoms with van der Waals surface area (Å²) < 4.78 is 36.4. The summed E-state index contributed by atoms with van der Waals surface area (Å²) in [4.78, 5) is 23.7. The van der Waals surface area contributed by atoms with Crippen molar-refractivity contribution in [3.63, 3.8) is 0 Å². The van der Waals surface area contributed by atoms with Gasteiger partial charge in [-0.15, -0.1) is 0 Å². The molecule has 0 radical (unpaired) electrons. The van der Waals surface area contributed by atoms with Gasteiger partial charge in [0.05, 0.1) is 12.8 Å². The second kappa shape index (κ2) is 6.12. The highest BCUT2D eigenvalue weighted by Gasteiger charge is 2.34. The van der Waals surface area contributed by atoms with Crippen LogP contribution in [0.25, 0.3) is 0 Å². The summed E-state index contributed by atoms with van der Waals surface area (Å²) in [6.45, 7) is 1.65. The molecule has 1 fully saturated rings. The molecular formula is C11H17F3N2O3. The number of carbonyl (C=O) groups is 2. The first-order chi connectivity index (χ1) is 8.69. The lowest BCUT2D eigenvalue weighted by Crippen LogP contribution is -2.47. The van der Waals surface area contributed by atoms with E-state index in [9.17, 15) is 22.8 Å². The molecule has 0 saturated carbocycles. The van der Waals surface area contributed by atoms with E-state index in [0.717, 1.165) is 0 Å². The molecule has 0 aromatic heterocycles. The molecular weight excluding hydrogens is 265 g/mol. The van der Waals surface area contributed by atoms with Crippen molar-refractivity contribution in [1.82, 2.24) is 10.2 Å². The maximum Gasteiger partial charge on any atom is 0.391 e. The van der Waals surface area contributed by atoms with E-state index < -0.39 is 36.7 Å². The second-order valence-corrected chi connectivity index (χ2v) is 4.76. The average Bonchev–Trinajstić information content (AvgIpc) is 2.61. The number of carbonyl (C=O) groups excluding carboxylic acids is 1. The van der Waals surface area contributed by atoms with Crippen LogP contribution in [0.5, 0.6) is 0 Å². The zero-order valence-corrected chi connectivity index (χ0v) is 10.5. The predicted octanol–water partition coefficient (Wildman–Crippen LogP) is 1.98. The minimum absolute atomic E-state index is 0.179. The van der Waals surface area contributed by atoms with Gasteiger partial charge in [0, 0.05) is 18.6 Å². The number of carboxylic acids is 1. The molecule has 1 aliphatic rings. The number of aliphatic carboxylic acids is 1. The lowest BCUT2D eigenvalue weighted by atomic mass is 10.1. The van der Waals surface area contributed by atoms with Crippen molar-refractivity contribution in [1.29, 1.82) is 0 Å². The highest BCUT2D eigenvalue weighted by atomic mass is 19.4. The van der Waals surface area contributed by atoms with Crippen molar-refractivity contribution in [2.45, 2.75) is 50.9 Å². The zero-order chi connectivity index (χ0) is 14.6. The molecule has 5 nitrogen and oxygen atoms in total. The van der Waals surface area contributed by atoms with Crippen molar-refractivity contribution in [2.24, 2.45) is 0 Å². The Labute approximate surface area is 108 Å². The number of hydrogen-bond acceptors (Lipinski definition) is 2. The summed E-state index contributed by atoms with van der Waals surface area (Å²) >= 11 is 0. The van der Waals surface area contributed by atoms with Crippen molar-refractivity contribution in [3.05, 3.63) is 0 Å². The van der Waals surface area contributed by atoms with Crippen molar-refractivity contribution in [3.8, 4) is 0 Å². The largest absolute Gasteiger partial charge is 0.481 e. The van der Waals surface area contributed by atoms with Crippen LogP contribution in [0.3, 0.4) is 0 Å². The summed E-state index contributed by atoms with van der Waals surface area (Å²) in [6, 6.07) is -2.09. The Morgan fingerprint density at radius 2 is 2.11 bits per heavy atom. The fraction of sp³-hybridized carbons (Fsp3) is 0.818. The number of urea groups is 1. The first kappa shape index (κ1) is 15.6. The number of amides is 2. The number of halogens is 3. The molecule has 2 amide bonds. The summed E-state index contributed by atoms with van der Waals surface area (Å²) in [7, 11) is 0. The molecule has 2 atom stereocenters. The van der Waals surface area contributed by atoms with E-state index in [1.807, 2.05) is 0 Å². The Kier molecular flexibility index (Phi) is 5.02. The van der Waals surface area contributed by atoms with Crippen LogP contribution in [0.2, 0.25) is 0 Å². The molecule has 8 heteroatoms. The van der Waals surface area contributed by atoms with Crippen LogP contribution in [0.4, 0.5) is 18.0 Å². The number of likely N-dealkylation sites (tertiary alicyclic amines) is 1. The van der Waals surface area contributed by atoms with Crippen LogP contribution in [-0.4, -0.2) is 46.8 Å². The summed E-state index contributed by atoms with van der Waals surface area (Å²) in [5.74, 6) is -1.02. The molecule has 1 saturated heterocycles. The first-order valence-electron chi connectivity index (χ1n) is 6.04. The van der Waals surface area contributed by atoms with Crippen LogP contribution in [-0.2, 0) is 4.79 Å². The maximum absolute atomic E-state index is 12.1. The third-order valence-corrected chi connectivity index (χ3v) is 2.96. The number of nitrogens with one attached hydrogen (secondary N) is 1. The maximum atomic E-state index is 12.1. The minimum Gasteiger partial charge on any atom is -0.481 e. The normalized spacial score (nSPS) is 21.3. The Hall–Kier alpha value is -1.47. The molecule has 0 aliphatic carbocycles. The molecule has 0 aromatic rings. The van der Waals surface area contributed by atoms with Gasteiger partial charge in [-0.2, -0.15) is 13.2 Å². The molecule has 1 heterocycles. The van der Waals surface area contributed by atoms with E-state index in [0.29, 0.717) is 19.4 Å². The molecule has 1 rings (SSSR count). The van der Waals surface area contributed by atoms with Gasteiger partial charge < -0.3 is 15.3 Å². The second-order valence-electron chi connectivity index (χ2n) is 4.76. The smallest absolute Gasteiger partial charge is 0.391 e. The molecule has 110 valence electrons. The summed E-state index contributed by atoms with van der Waals surface area (Å²) in [6.07, 6.45) is -4.39. The monoisotopic (exact) mass is 282 g/mol. The molecule has 1 aliphatic heterocycles. The lowest BCUT2D eigenvalue weighted by Gasteiger charge is -2.26. The fourth-order valence-electron chi connectivity index (χ4n) is 2.21. The highest BCUT2D eigenvalue weighted by Crippen LogP contribution is 2.23. The van der Waals surface area contributed by atoms with Crippen molar-refractivity contribution >= 4 is 12.0 Å². The van der Waals surface area contributed by atoms with Crippen LogP contribution >= 0.6 is 0 Å². The van der Waals surface area contributed by atoms with Gasteiger partial charge in [-0.1, -0.05) is 0 Å². The Morgan fingerprint density at radius 3 is 2.63 bits per heavy atom. The molecule has 19 heavy (non-hydrogen) atoms. The van der Waals surface area contributed by atoms with E-state index in [1.54, 1.807) is 0 Å². The van der Waals surface area contributed by atoms with E-state index in [-0.39, 0.29) is 6.42 Å². The number of rotatable bonds is 4. The average molecular weight is 282 g/mol. The molecule has 0 bridgehead atoms. The molecule has 0 spiro atoms. The van der Waals surface area contributed by atoms with E-state index in [2.05, 4.69) is 5.32 Å². The summed E-state index contributed by atoms with van der Waals surface area (Å²) in [5.41, 5.74) is 0. The van der Waals surface area contributed by atoms with Crippen LogP contribution in [0.15, 0.2) is 0 Å². The van der Waals surface area contributed by atoms with Crippen LogP contribution in [0.1, 0.15) is 32.6 Å². The molecule has 0 aromatic carbocycles. The fourth-order valence-corrected chi connectivity index (χ4v) is 2.21. The van der Waals surface area contributed by atoms with E-state index in [4.69, 9.17) is 5.11 Å². The van der Waals surface area contributed by atoms with Gasteiger partial charge in [-0.05, 0) is 19.8 Å². The number of alkyl halides is 3. The van der Waals surface area contributed by atoms with Gasteiger partial charge in [-0.25, -0.2) is 4.79 Å². The zero-order valence-electron chi connectivity index (χ0n) is 10.5. The van der Waals surface area contributed by atoms with Gasteiger partial charge in [-0.3, -0.25) is 4.79 Å². The van der Waals surface area contributed by atoms with Gasteiger partial charge in [0.25, 0.3) is 0 Å². The van der Waals surface area contributed by atoms with Gasteiger partial charge in [0.15, 0.2) is 0 Å². The molecule has 2 N–H and O–H groups in total. The Bertz CT molecular complexity index is 347. The van der Waals surface area contributed by atoms with E-state index >= 15 is 0 Å². The number of carboxylic acid groups (broad SMARTS) is 1. The van der Waals surface area contributed by atoms with Gasteiger partial charge in [0.1, 0.15) is 0 Å². The standard InChI is InChI=1S/C11H17F3N2O3/c1-7(6-11(12,13)14)15-10(19)16-4-2-3-8(16)5-9(17)18/h7-8H,2-6H2,1H3,(H,15,19)(H,17,18). The topological polar surface area (TPSA) is 69.6 Å². The highest BCUT2D eigenvalue weighted by molar-refractivity contribution is 5.76. The van der Waals surface area contributed by atoms with Gasteiger partial charge >= 0.3 is 18.2 Å². The van der Waals surface area contributed by atoms with Crippen LogP contribution in [0, 0.1) is 0 Å². The Morgan fingerprint density at radius 1 is 1.47 bits per heavy atom. The Balaban J connectivity index is 2.50.